The number of carbonyl (C=O) groups excluding carboxylic acids is 2. The normalized spacial score (nSPS) is 10.9. The number of halogens is 1. The van der Waals surface area contributed by atoms with E-state index in [0.717, 1.165) is 9.86 Å². The Bertz CT molecular complexity index is 1450. The molecule has 0 saturated carbocycles. The van der Waals surface area contributed by atoms with Gasteiger partial charge in [0.05, 0.1) is 16.7 Å². The Balaban J connectivity index is 1.52. The number of nitrogens with one attached hydrogen (secondary N) is 1. The van der Waals surface area contributed by atoms with Crippen molar-refractivity contribution in [3.8, 4) is 5.75 Å². The van der Waals surface area contributed by atoms with Crippen molar-refractivity contribution >= 4 is 50.5 Å². The molecule has 8 nitrogen and oxygen atoms in total. The maximum absolute atomic E-state index is 12.8. The summed E-state index contributed by atoms with van der Waals surface area (Å²) in [6.07, 6.45) is 1.26. The molecule has 0 bridgehead atoms. The molecule has 0 heterocycles. The second-order valence-corrected chi connectivity index (χ2v) is 8.03. The molecule has 0 fully saturated rings. The Kier molecular flexibility index (Phi) is 6.74. The van der Waals surface area contributed by atoms with E-state index in [2.05, 4.69) is 26.5 Å². The van der Waals surface area contributed by atoms with Gasteiger partial charge in [-0.15, -0.1) is 0 Å². The quantitative estimate of drug-likeness (QED) is 0.119. The molecule has 0 aliphatic carbocycles. The zero-order valence-corrected chi connectivity index (χ0v) is 19.1. The van der Waals surface area contributed by atoms with E-state index in [4.69, 9.17) is 4.74 Å². The fourth-order valence-corrected chi connectivity index (χ4v) is 3.66. The molecule has 34 heavy (non-hydrogen) atoms. The fraction of sp³-hybridized carbons (Fsp3) is 0. The van der Waals surface area contributed by atoms with Crippen molar-refractivity contribution < 1.29 is 19.2 Å². The van der Waals surface area contributed by atoms with E-state index in [9.17, 15) is 19.7 Å². The summed E-state index contributed by atoms with van der Waals surface area (Å²) in [6, 6.07) is 23.2. The van der Waals surface area contributed by atoms with Gasteiger partial charge in [0.15, 0.2) is 0 Å². The summed E-state index contributed by atoms with van der Waals surface area (Å²) >= 11 is 3.29. The number of hydrogen-bond acceptors (Lipinski definition) is 6. The van der Waals surface area contributed by atoms with Crippen LogP contribution in [0.4, 0.5) is 5.69 Å². The predicted molar refractivity (Wildman–Crippen MR) is 131 cm³/mol. The molecule has 168 valence electrons. The van der Waals surface area contributed by atoms with Crippen LogP contribution in [0.2, 0.25) is 0 Å². The van der Waals surface area contributed by atoms with Gasteiger partial charge in [-0.25, -0.2) is 10.2 Å². The zero-order chi connectivity index (χ0) is 24.1. The maximum atomic E-state index is 12.8. The first-order valence-corrected chi connectivity index (χ1v) is 10.8. The number of fused-ring (bicyclic) bond motifs is 1. The average molecular weight is 518 g/mol. The van der Waals surface area contributed by atoms with Gasteiger partial charge < -0.3 is 4.74 Å². The molecule has 4 aromatic rings. The van der Waals surface area contributed by atoms with Crippen molar-refractivity contribution in [1.29, 1.82) is 0 Å². The molecule has 0 radical (unpaired) electrons. The van der Waals surface area contributed by atoms with Crippen molar-refractivity contribution in [2.24, 2.45) is 5.10 Å². The van der Waals surface area contributed by atoms with Gasteiger partial charge >= 0.3 is 11.7 Å². The summed E-state index contributed by atoms with van der Waals surface area (Å²) in [5.41, 5.74) is 2.99. The summed E-state index contributed by atoms with van der Waals surface area (Å²) in [6.45, 7) is 0. The van der Waals surface area contributed by atoms with Crippen LogP contribution in [0.25, 0.3) is 10.8 Å². The van der Waals surface area contributed by atoms with Crippen molar-refractivity contribution in [3.05, 3.63) is 116 Å². The SMILES string of the molecule is O=C(NN=Cc1ccc(OC(=O)c2cccc3ccccc23)c([N+](=O)[O-])c1)c1cccc(Br)c1. The molecule has 0 unspecified atom stereocenters. The third-order valence-corrected chi connectivity index (χ3v) is 5.35. The van der Waals surface area contributed by atoms with Crippen LogP contribution >= 0.6 is 15.9 Å². The predicted octanol–water partition coefficient (Wildman–Crippen LogP) is 5.49. The number of amides is 1. The smallest absolute Gasteiger partial charge is 0.344 e. The Labute approximate surface area is 202 Å². The topological polar surface area (TPSA) is 111 Å². The molecule has 0 aromatic heterocycles. The molecule has 4 aromatic carbocycles. The Hall–Kier alpha value is -4.37. The second kappa shape index (κ2) is 10.1. The fourth-order valence-electron chi connectivity index (χ4n) is 3.26. The van der Waals surface area contributed by atoms with E-state index in [-0.39, 0.29) is 5.75 Å². The number of nitro groups is 1. The van der Waals surface area contributed by atoms with Crippen LogP contribution in [0.1, 0.15) is 26.3 Å². The molecule has 1 N–H and O–H groups in total. The minimum absolute atomic E-state index is 0.196. The first-order valence-electron chi connectivity index (χ1n) is 10.00. The summed E-state index contributed by atoms with van der Waals surface area (Å²) in [5, 5.41) is 17.0. The van der Waals surface area contributed by atoms with Crippen LogP contribution in [-0.2, 0) is 0 Å². The summed E-state index contributed by atoms with van der Waals surface area (Å²) in [7, 11) is 0. The minimum atomic E-state index is -0.706. The van der Waals surface area contributed by atoms with Gasteiger partial charge in [-0.05, 0) is 47.2 Å². The summed E-state index contributed by atoms with van der Waals surface area (Å²) in [4.78, 5) is 35.9. The lowest BCUT2D eigenvalue weighted by molar-refractivity contribution is -0.385. The van der Waals surface area contributed by atoms with E-state index in [1.54, 1.807) is 48.5 Å². The van der Waals surface area contributed by atoms with Gasteiger partial charge in [-0.3, -0.25) is 14.9 Å². The molecule has 4 rings (SSSR count). The highest BCUT2D eigenvalue weighted by Crippen LogP contribution is 2.29. The van der Waals surface area contributed by atoms with Crippen LogP contribution in [0.15, 0.2) is 94.5 Å². The molecule has 0 aliphatic rings. The maximum Gasteiger partial charge on any atom is 0.344 e. The van der Waals surface area contributed by atoms with Gasteiger partial charge in [0.2, 0.25) is 5.75 Å². The largest absolute Gasteiger partial charge is 0.416 e. The molecule has 9 heteroatoms. The first kappa shape index (κ1) is 22.8. The third kappa shape index (κ3) is 5.16. The lowest BCUT2D eigenvalue weighted by Gasteiger charge is -2.08. The molecule has 0 spiro atoms. The Morgan fingerprint density at radius 1 is 0.971 bits per heavy atom. The number of nitrogens with zero attached hydrogens (tertiary/aromatic N) is 2. The molecule has 0 saturated heterocycles. The van der Waals surface area contributed by atoms with Gasteiger partial charge in [0.25, 0.3) is 5.91 Å². The van der Waals surface area contributed by atoms with Gasteiger partial charge in [0, 0.05) is 21.7 Å². The number of carbonyl (C=O) groups is 2. The highest BCUT2D eigenvalue weighted by atomic mass is 79.9. The van der Waals surface area contributed by atoms with E-state index in [1.807, 2.05) is 18.2 Å². The van der Waals surface area contributed by atoms with Crippen molar-refractivity contribution in [3.63, 3.8) is 0 Å². The van der Waals surface area contributed by atoms with E-state index < -0.39 is 22.5 Å². The van der Waals surface area contributed by atoms with Gasteiger partial charge in [-0.1, -0.05) is 58.4 Å². The lowest BCUT2D eigenvalue weighted by atomic mass is 10.0. The number of benzene rings is 4. The van der Waals surface area contributed by atoms with Crippen LogP contribution in [0.3, 0.4) is 0 Å². The second-order valence-electron chi connectivity index (χ2n) is 7.11. The van der Waals surface area contributed by atoms with Crippen molar-refractivity contribution in [2.45, 2.75) is 0 Å². The first-order chi connectivity index (χ1) is 16.4. The van der Waals surface area contributed by atoms with E-state index >= 15 is 0 Å². The summed E-state index contributed by atoms with van der Waals surface area (Å²) in [5.74, 6) is -1.34. The number of nitro benzene ring substituents is 1. The van der Waals surface area contributed by atoms with E-state index in [1.165, 1.54) is 24.4 Å². The highest BCUT2D eigenvalue weighted by Gasteiger charge is 2.20. The molecular weight excluding hydrogens is 502 g/mol. The lowest BCUT2D eigenvalue weighted by Crippen LogP contribution is -2.17. The zero-order valence-electron chi connectivity index (χ0n) is 17.5. The Morgan fingerprint density at radius 3 is 2.53 bits per heavy atom. The van der Waals surface area contributed by atoms with Gasteiger partial charge in [0.1, 0.15) is 0 Å². The summed E-state index contributed by atoms with van der Waals surface area (Å²) < 4.78 is 6.11. The van der Waals surface area contributed by atoms with Crippen LogP contribution in [0.5, 0.6) is 5.75 Å². The van der Waals surface area contributed by atoms with Crippen molar-refractivity contribution in [2.75, 3.05) is 0 Å². The minimum Gasteiger partial charge on any atom is -0.416 e. The molecular formula is C25H16BrN3O5. The number of rotatable bonds is 6. The third-order valence-electron chi connectivity index (χ3n) is 4.86. The van der Waals surface area contributed by atoms with Crippen LogP contribution < -0.4 is 10.2 Å². The highest BCUT2D eigenvalue weighted by molar-refractivity contribution is 9.10. The molecule has 1 amide bonds. The molecule has 0 atom stereocenters. The molecule has 0 aliphatic heterocycles. The van der Waals surface area contributed by atoms with Crippen LogP contribution in [0, 0.1) is 10.1 Å². The monoisotopic (exact) mass is 517 g/mol. The number of hydrogen-bond donors (Lipinski definition) is 1. The van der Waals surface area contributed by atoms with Crippen LogP contribution in [-0.4, -0.2) is 23.0 Å². The standard InChI is InChI=1S/C25H16BrN3O5/c26-19-8-3-7-18(14-19)24(30)28-27-15-16-11-12-23(22(13-16)29(32)33)34-25(31)21-10-4-6-17-5-1-2-9-20(17)21/h1-15H,(H,28,30). The van der Waals surface area contributed by atoms with Crippen molar-refractivity contribution in [1.82, 2.24) is 5.43 Å². The number of hydrazone groups is 1. The number of esters is 1. The average Bonchev–Trinajstić information content (AvgIpc) is 2.84. The van der Waals surface area contributed by atoms with Gasteiger partial charge in [-0.2, -0.15) is 5.10 Å². The number of ether oxygens (including phenoxy) is 1. The Morgan fingerprint density at radius 2 is 1.74 bits per heavy atom. The van der Waals surface area contributed by atoms with E-state index in [0.29, 0.717) is 22.1 Å².